The smallest absolute Gasteiger partial charge is 0.133 e. The fourth-order valence-corrected chi connectivity index (χ4v) is 4.13. The van der Waals surface area contributed by atoms with Crippen molar-refractivity contribution in [2.24, 2.45) is 5.41 Å². The average Bonchev–Trinajstić information content (AvgIpc) is 3.06. The molecule has 2 fully saturated rings. The van der Waals surface area contributed by atoms with Crippen LogP contribution in [0.15, 0.2) is 30.5 Å². The molecule has 2 aromatic rings. The summed E-state index contributed by atoms with van der Waals surface area (Å²) in [6.45, 7) is 4.96. The predicted molar refractivity (Wildman–Crippen MR) is 80.7 cm³/mol. The standard InChI is InChI=1S/C16H17FN2OS/c17-14-4-2-1-3-13(14)15-18-7-12(21-15)8-19-6-5-16(9-19)10-20-11-16/h1-4,7H,5-6,8-11H2. The van der Waals surface area contributed by atoms with E-state index in [0.29, 0.717) is 11.0 Å². The highest BCUT2D eigenvalue weighted by atomic mass is 32.1. The van der Waals surface area contributed by atoms with Gasteiger partial charge >= 0.3 is 0 Å². The Hall–Kier alpha value is -1.30. The molecular formula is C16H17FN2OS. The highest BCUT2D eigenvalue weighted by molar-refractivity contribution is 7.15. The maximum absolute atomic E-state index is 13.8. The van der Waals surface area contributed by atoms with Crippen LogP contribution in [0.25, 0.3) is 10.6 Å². The second-order valence-electron chi connectivity index (χ2n) is 6.07. The lowest BCUT2D eigenvalue weighted by atomic mass is 9.85. The molecule has 0 radical (unpaired) electrons. The Balaban J connectivity index is 1.47. The van der Waals surface area contributed by atoms with Crippen molar-refractivity contribution in [3.8, 4) is 10.6 Å². The predicted octanol–water partition coefficient (Wildman–Crippen LogP) is 3.17. The van der Waals surface area contributed by atoms with Gasteiger partial charge < -0.3 is 4.74 Å². The number of rotatable bonds is 3. The molecule has 0 saturated carbocycles. The quantitative estimate of drug-likeness (QED) is 0.871. The Labute approximate surface area is 127 Å². The van der Waals surface area contributed by atoms with Gasteiger partial charge in [0.05, 0.1) is 13.2 Å². The van der Waals surface area contributed by atoms with Gasteiger partial charge in [-0.15, -0.1) is 11.3 Å². The monoisotopic (exact) mass is 304 g/mol. The van der Waals surface area contributed by atoms with Gasteiger partial charge in [-0.3, -0.25) is 4.90 Å². The molecule has 0 aliphatic carbocycles. The van der Waals surface area contributed by atoms with Crippen LogP contribution < -0.4 is 0 Å². The summed E-state index contributed by atoms with van der Waals surface area (Å²) in [6.07, 6.45) is 3.11. The van der Waals surface area contributed by atoms with Gasteiger partial charge in [-0.05, 0) is 25.1 Å². The summed E-state index contributed by atoms with van der Waals surface area (Å²) in [5.74, 6) is -0.204. The minimum Gasteiger partial charge on any atom is -0.380 e. The first kappa shape index (κ1) is 13.4. The first-order valence-electron chi connectivity index (χ1n) is 7.24. The third-order valence-electron chi connectivity index (χ3n) is 4.37. The highest BCUT2D eigenvalue weighted by Gasteiger charge is 2.44. The molecule has 0 unspecified atom stereocenters. The summed E-state index contributed by atoms with van der Waals surface area (Å²) < 4.78 is 19.1. The summed E-state index contributed by atoms with van der Waals surface area (Å²) in [6, 6.07) is 6.82. The van der Waals surface area contributed by atoms with Crippen LogP contribution in [0.4, 0.5) is 4.39 Å². The van der Waals surface area contributed by atoms with E-state index in [1.807, 2.05) is 12.3 Å². The number of ether oxygens (including phenoxy) is 1. The van der Waals surface area contributed by atoms with E-state index < -0.39 is 0 Å². The molecule has 0 N–H and O–H groups in total. The zero-order valence-corrected chi connectivity index (χ0v) is 12.5. The van der Waals surface area contributed by atoms with Gasteiger partial charge in [0.1, 0.15) is 10.8 Å². The van der Waals surface area contributed by atoms with Crippen LogP contribution in [-0.4, -0.2) is 36.2 Å². The number of hydrogen-bond acceptors (Lipinski definition) is 4. The minimum absolute atomic E-state index is 0.204. The van der Waals surface area contributed by atoms with Crippen LogP contribution in [0.3, 0.4) is 0 Å². The van der Waals surface area contributed by atoms with Gasteiger partial charge in [-0.2, -0.15) is 0 Å². The zero-order valence-electron chi connectivity index (χ0n) is 11.7. The first-order chi connectivity index (χ1) is 10.2. The van der Waals surface area contributed by atoms with E-state index in [9.17, 15) is 4.39 Å². The highest BCUT2D eigenvalue weighted by Crippen LogP contribution is 2.38. The van der Waals surface area contributed by atoms with Crippen molar-refractivity contribution in [3.05, 3.63) is 41.2 Å². The van der Waals surface area contributed by atoms with Gasteiger partial charge in [0.15, 0.2) is 0 Å². The van der Waals surface area contributed by atoms with E-state index in [1.165, 1.54) is 17.4 Å². The number of halogens is 1. The number of benzene rings is 1. The van der Waals surface area contributed by atoms with Crippen LogP contribution >= 0.6 is 11.3 Å². The lowest BCUT2D eigenvalue weighted by molar-refractivity contribution is -0.105. The number of thiazole rings is 1. The van der Waals surface area contributed by atoms with E-state index in [0.717, 1.165) is 37.9 Å². The van der Waals surface area contributed by atoms with Crippen LogP contribution in [0.2, 0.25) is 0 Å². The Morgan fingerprint density at radius 2 is 2.19 bits per heavy atom. The van der Waals surface area contributed by atoms with Crippen molar-refractivity contribution < 1.29 is 9.13 Å². The fourth-order valence-electron chi connectivity index (χ4n) is 3.15. The van der Waals surface area contributed by atoms with Gasteiger partial charge in [-0.1, -0.05) is 12.1 Å². The summed E-state index contributed by atoms with van der Waals surface area (Å²) in [5, 5.41) is 0.768. The molecule has 110 valence electrons. The second-order valence-corrected chi connectivity index (χ2v) is 7.18. The molecule has 1 aromatic heterocycles. The van der Waals surface area contributed by atoms with E-state index in [4.69, 9.17) is 4.74 Å². The number of aromatic nitrogens is 1. The Kier molecular flexibility index (Phi) is 3.28. The summed E-state index contributed by atoms with van der Waals surface area (Å²) in [7, 11) is 0. The van der Waals surface area contributed by atoms with Crippen LogP contribution in [0.5, 0.6) is 0 Å². The molecule has 2 saturated heterocycles. The zero-order chi connectivity index (χ0) is 14.3. The van der Waals surface area contributed by atoms with Crippen molar-refractivity contribution in [1.29, 1.82) is 0 Å². The lowest BCUT2D eigenvalue weighted by Crippen LogP contribution is -2.44. The van der Waals surface area contributed by atoms with Crippen molar-refractivity contribution in [1.82, 2.24) is 9.88 Å². The first-order valence-corrected chi connectivity index (χ1v) is 8.06. The maximum atomic E-state index is 13.8. The molecule has 0 bridgehead atoms. The molecule has 5 heteroatoms. The molecule has 1 aromatic carbocycles. The molecule has 3 nitrogen and oxygen atoms in total. The minimum atomic E-state index is -0.204. The van der Waals surface area contributed by atoms with E-state index in [1.54, 1.807) is 23.5 Å². The van der Waals surface area contributed by atoms with Crippen molar-refractivity contribution >= 4 is 11.3 Å². The molecule has 0 amide bonds. The largest absolute Gasteiger partial charge is 0.380 e. The van der Waals surface area contributed by atoms with Crippen LogP contribution in [0, 0.1) is 11.2 Å². The number of hydrogen-bond donors (Lipinski definition) is 0. The molecular weight excluding hydrogens is 287 g/mol. The number of likely N-dealkylation sites (tertiary alicyclic amines) is 1. The molecule has 0 atom stereocenters. The maximum Gasteiger partial charge on any atom is 0.133 e. The van der Waals surface area contributed by atoms with Crippen molar-refractivity contribution in [3.63, 3.8) is 0 Å². The van der Waals surface area contributed by atoms with Gasteiger partial charge in [0.2, 0.25) is 0 Å². The lowest BCUT2D eigenvalue weighted by Gasteiger charge is -2.37. The van der Waals surface area contributed by atoms with Crippen LogP contribution in [0.1, 0.15) is 11.3 Å². The van der Waals surface area contributed by atoms with E-state index in [-0.39, 0.29) is 5.82 Å². The third kappa shape index (κ3) is 2.50. The average molecular weight is 304 g/mol. The molecule has 4 rings (SSSR count). The summed E-state index contributed by atoms with van der Waals surface area (Å²) >= 11 is 1.59. The molecule has 2 aliphatic heterocycles. The molecule has 21 heavy (non-hydrogen) atoms. The van der Waals surface area contributed by atoms with E-state index in [2.05, 4.69) is 9.88 Å². The fraction of sp³-hybridized carbons (Fsp3) is 0.438. The van der Waals surface area contributed by atoms with Crippen LogP contribution in [-0.2, 0) is 11.3 Å². The van der Waals surface area contributed by atoms with E-state index >= 15 is 0 Å². The number of nitrogens with zero attached hydrogens (tertiary/aromatic N) is 2. The molecule has 3 heterocycles. The third-order valence-corrected chi connectivity index (χ3v) is 5.39. The Morgan fingerprint density at radius 1 is 1.33 bits per heavy atom. The summed E-state index contributed by atoms with van der Waals surface area (Å²) in [5.41, 5.74) is 1.01. The van der Waals surface area contributed by atoms with Gasteiger partial charge in [0.25, 0.3) is 0 Å². The Bertz CT molecular complexity index is 653. The molecule has 2 aliphatic rings. The van der Waals surface area contributed by atoms with Gasteiger partial charge in [0, 0.05) is 35.1 Å². The van der Waals surface area contributed by atoms with Gasteiger partial charge in [-0.25, -0.2) is 9.37 Å². The SMILES string of the molecule is Fc1ccccc1-c1ncc(CN2CCC3(COC3)C2)s1. The topological polar surface area (TPSA) is 25.4 Å². The van der Waals surface area contributed by atoms with Crippen molar-refractivity contribution in [2.75, 3.05) is 26.3 Å². The second kappa shape index (κ2) is 5.16. The molecule has 1 spiro atoms. The summed E-state index contributed by atoms with van der Waals surface area (Å²) in [4.78, 5) is 8.05. The van der Waals surface area contributed by atoms with Crippen molar-refractivity contribution in [2.45, 2.75) is 13.0 Å². The normalized spacial score (nSPS) is 20.8. The Morgan fingerprint density at radius 3 is 2.90 bits per heavy atom.